The van der Waals surface area contributed by atoms with Crippen molar-refractivity contribution in [3.63, 3.8) is 0 Å². The third-order valence-electron chi connectivity index (χ3n) is 3.42. The molecular formula is C10H18N4O2S. The van der Waals surface area contributed by atoms with Crippen LogP contribution in [0.1, 0.15) is 32.6 Å². The summed E-state index contributed by atoms with van der Waals surface area (Å²) >= 11 is 0. The molecule has 0 bridgehead atoms. The summed E-state index contributed by atoms with van der Waals surface area (Å²) in [4.78, 5) is 0.0269. The third-order valence-corrected chi connectivity index (χ3v) is 4.85. The summed E-state index contributed by atoms with van der Waals surface area (Å²) in [6.07, 6.45) is 5.71. The van der Waals surface area contributed by atoms with Crippen molar-refractivity contribution < 1.29 is 8.42 Å². The van der Waals surface area contributed by atoms with Gasteiger partial charge in [0.1, 0.15) is 10.7 Å². The Hall–Kier alpha value is -1.08. The van der Waals surface area contributed by atoms with Crippen LogP contribution in [0.3, 0.4) is 0 Å². The number of nitrogen functional groups attached to an aromatic ring is 1. The molecule has 0 aliphatic heterocycles. The van der Waals surface area contributed by atoms with Gasteiger partial charge < -0.3 is 5.73 Å². The number of anilines is 1. The summed E-state index contributed by atoms with van der Waals surface area (Å²) < 4.78 is 26.5. The van der Waals surface area contributed by atoms with Gasteiger partial charge in [0.2, 0.25) is 10.0 Å². The second-order valence-electron chi connectivity index (χ2n) is 4.99. The maximum atomic E-state index is 12.0. The molecule has 6 nitrogen and oxygen atoms in total. The Bertz CT molecular complexity index is 488. The molecule has 1 heterocycles. The molecule has 1 aliphatic carbocycles. The molecule has 0 aromatic carbocycles. The number of H-pyrrole nitrogens is 1. The largest absolute Gasteiger partial charge is 0.383 e. The van der Waals surface area contributed by atoms with E-state index in [1.165, 1.54) is 19.0 Å². The van der Waals surface area contributed by atoms with Crippen molar-refractivity contribution in [3.05, 3.63) is 6.20 Å². The second kappa shape index (κ2) is 4.30. The van der Waals surface area contributed by atoms with Crippen molar-refractivity contribution in [2.75, 3.05) is 12.3 Å². The molecule has 0 atom stereocenters. The van der Waals surface area contributed by atoms with Crippen molar-refractivity contribution in [3.8, 4) is 0 Å². The molecule has 1 fully saturated rings. The first kappa shape index (κ1) is 12.4. The van der Waals surface area contributed by atoms with Crippen LogP contribution in [-0.4, -0.2) is 25.2 Å². The summed E-state index contributed by atoms with van der Waals surface area (Å²) in [5, 5.41) is 6.04. The smallest absolute Gasteiger partial charge is 0.245 e. The van der Waals surface area contributed by atoms with Crippen molar-refractivity contribution in [1.82, 2.24) is 14.9 Å². The van der Waals surface area contributed by atoms with Gasteiger partial charge in [0.15, 0.2) is 0 Å². The van der Waals surface area contributed by atoms with Gasteiger partial charge in [-0.2, -0.15) is 5.10 Å². The number of hydrogen-bond donors (Lipinski definition) is 3. The lowest BCUT2D eigenvalue weighted by atomic mass is 9.89. The van der Waals surface area contributed by atoms with Crippen molar-refractivity contribution in [2.24, 2.45) is 5.41 Å². The van der Waals surface area contributed by atoms with Crippen molar-refractivity contribution in [2.45, 2.75) is 37.5 Å². The average molecular weight is 258 g/mol. The fourth-order valence-electron chi connectivity index (χ4n) is 2.25. The summed E-state index contributed by atoms with van der Waals surface area (Å²) in [5.74, 6) is 0.0778. The zero-order valence-corrected chi connectivity index (χ0v) is 10.7. The molecule has 0 radical (unpaired) electrons. The van der Waals surface area contributed by atoms with E-state index in [2.05, 4.69) is 21.8 Å². The lowest BCUT2D eigenvalue weighted by Crippen LogP contribution is -2.34. The number of aromatic amines is 1. The summed E-state index contributed by atoms with van der Waals surface area (Å²) in [7, 11) is -3.54. The zero-order valence-electron chi connectivity index (χ0n) is 9.86. The molecule has 0 saturated heterocycles. The summed E-state index contributed by atoms with van der Waals surface area (Å²) in [6, 6.07) is 0. The quantitative estimate of drug-likeness (QED) is 0.745. The number of nitrogens with zero attached hydrogens (tertiary/aromatic N) is 1. The van der Waals surface area contributed by atoms with Crippen molar-refractivity contribution in [1.29, 1.82) is 0 Å². The number of rotatable bonds is 4. The molecule has 1 aromatic heterocycles. The van der Waals surface area contributed by atoms with Crippen LogP contribution in [0.5, 0.6) is 0 Å². The Labute approximate surface area is 101 Å². The van der Waals surface area contributed by atoms with Gasteiger partial charge in [0.25, 0.3) is 0 Å². The van der Waals surface area contributed by atoms with E-state index in [-0.39, 0.29) is 16.1 Å². The van der Waals surface area contributed by atoms with E-state index in [9.17, 15) is 8.42 Å². The van der Waals surface area contributed by atoms with E-state index in [0.717, 1.165) is 12.8 Å². The highest BCUT2D eigenvalue weighted by molar-refractivity contribution is 7.89. The molecule has 1 saturated carbocycles. The third kappa shape index (κ3) is 2.61. The van der Waals surface area contributed by atoms with Gasteiger partial charge in [-0.05, 0) is 18.3 Å². The summed E-state index contributed by atoms with van der Waals surface area (Å²) in [5.41, 5.74) is 5.58. The fourth-order valence-corrected chi connectivity index (χ4v) is 3.47. The molecule has 0 amide bonds. The Morgan fingerprint density at radius 1 is 1.53 bits per heavy atom. The van der Waals surface area contributed by atoms with Gasteiger partial charge in [0.05, 0.1) is 6.20 Å². The van der Waals surface area contributed by atoms with Crippen LogP contribution in [0.25, 0.3) is 0 Å². The first-order valence-electron chi connectivity index (χ1n) is 5.71. The Morgan fingerprint density at radius 3 is 2.71 bits per heavy atom. The van der Waals surface area contributed by atoms with E-state index in [4.69, 9.17) is 5.73 Å². The molecule has 4 N–H and O–H groups in total. The number of hydrogen-bond acceptors (Lipinski definition) is 4. The lowest BCUT2D eigenvalue weighted by molar-refractivity contribution is 0.336. The Kier molecular flexibility index (Phi) is 3.13. The maximum absolute atomic E-state index is 12.0. The van der Waals surface area contributed by atoms with Gasteiger partial charge in [-0.3, -0.25) is 5.10 Å². The van der Waals surface area contributed by atoms with Gasteiger partial charge in [-0.25, -0.2) is 13.1 Å². The van der Waals surface area contributed by atoms with Crippen LogP contribution < -0.4 is 10.5 Å². The first-order valence-corrected chi connectivity index (χ1v) is 7.20. The van der Waals surface area contributed by atoms with Crippen molar-refractivity contribution >= 4 is 15.8 Å². The highest BCUT2D eigenvalue weighted by Gasteiger charge is 2.31. The van der Waals surface area contributed by atoms with E-state index in [1.54, 1.807) is 0 Å². The molecule has 0 unspecified atom stereocenters. The minimum atomic E-state index is -3.54. The molecule has 2 rings (SSSR count). The van der Waals surface area contributed by atoms with Crippen LogP contribution >= 0.6 is 0 Å². The molecular weight excluding hydrogens is 240 g/mol. The number of sulfonamides is 1. The molecule has 17 heavy (non-hydrogen) atoms. The standard InChI is InChI=1S/C10H18N4O2S/c1-10(4-2-3-5-10)7-13-17(15,16)8-6-12-14-9(8)11/h6,13H,2-5,7H2,1H3,(H3,11,12,14). The van der Waals surface area contributed by atoms with Crippen LogP contribution in [0.2, 0.25) is 0 Å². The SMILES string of the molecule is CC1(CNS(=O)(=O)c2cn[nH]c2N)CCCC1. The van der Waals surface area contributed by atoms with E-state index < -0.39 is 10.0 Å². The summed E-state index contributed by atoms with van der Waals surface area (Å²) in [6.45, 7) is 2.57. The van der Waals surface area contributed by atoms with E-state index >= 15 is 0 Å². The predicted octanol–water partition coefficient (Wildman–Crippen LogP) is 0.850. The highest BCUT2D eigenvalue weighted by Crippen LogP contribution is 2.37. The van der Waals surface area contributed by atoms with Gasteiger partial charge in [-0.15, -0.1) is 0 Å². The molecule has 1 aliphatic rings. The Balaban J connectivity index is 2.06. The van der Waals surface area contributed by atoms with Crippen LogP contribution in [-0.2, 0) is 10.0 Å². The minimum absolute atomic E-state index is 0.0269. The number of nitrogens with one attached hydrogen (secondary N) is 2. The lowest BCUT2D eigenvalue weighted by Gasteiger charge is -2.23. The molecule has 0 spiro atoms. The predicted molar refractivity (Wildman–Crippen MR) is 64.8 cm³/mol. The maximum Gasteiger partial charge on any atom is 0.245 e. The van der Waals surface area contributed by atoms with Gasteiger partial charge in [0, 0.05) is 6.54 Å². The van der Waals surface area contributed by atoms with Crippen LogP contribution in [0.4, 0.5) is 5.82 Å². The number of aromatic nitrogens is 2. The molecule has 7 heteroatoms. The van der Waals surface area contributed by atoms with Gasteiger partial charge in [-0.1, -0.05) is 19.8 Å². The second-order valence-corrected chi connectivity index (χ2v) is 6.73. The normalized spacial score (nSPS) is 19.6. The fraction of sp³-hybridized carbons (Fsp3) is 0.700. The van der Waals surface area contributed by atoms with Crippen LogP contribution in [0, 0.1) is 5.41 Å². The highest BCUT2D eigenvalue weighted by atomic mass is 32.2. The Morgan fingerprint density at radius 2 is 2.18 bits per heavy atom. The minimum Gasteiger partial charge on any atom is -0.383 e. The molecule has 1 aromatic rings. The first-order chi connectivity index (χ1) is 7.93. The molecule has 96 valence electrons. The zero-order chi connectivity index (χ0) is 12.5. The van der Waals surface area contributed by atoms with E-state index in [1.807, 2.05) is 0 Å². The van der Waals surface area contributed by atoms with Gasteiger partial charge >= 0.3 is 0 Å². The number of nitrogens with two attached hydrogens (primary N) is 1. The van der Waals surface area contributed by atoms with E-state index in [0.29, 0.717) is 6.54 Å². The average Bonchev–Trinajstić information content (AvgIpc) is 2.86. The topological polar surface area (TPSA) is 101 Å². The van der Waals surface area contributed by atoms with Crippen LogP contribution in [0.15, 0.2) is 11.1 Å². The monoisotopic (exact) mass is 258 g/mol.